The number of halogens is 1. The van der Waals surface area contributed by atoms with Crippen LogP contribution in [-0.4, -0.2) is 25.0 Å². The number of hydrogen-bond donors (Lipinski definition) is 1. The van der Waals surface area contributed by atoms with E-state index in [4.69, 9.17) is 4.74 Å². The zero-order valence-corrected chi connectivity index (χ0v) is 14.3. The second kappa shape index (κ2) is 9.40. The summed E-state index contributed by atoms with van der Waals surface area (Å²) < 4.78 is 19.0. The van der Waals surface area contributed by atoms with E-state index < -0.39 is 17.7 Å². The molecule has 0 aromatic heterocycles. The van der Waals surface area contributed by atoms with E-state index in [1.165, 1.54) is 44.2 Å². The van der Waals surface area contributed by atoms with E-state index in [-0.39, 0.29) is 12.1 Å². The molecule has 0 radical (unpaired) electrons. The van der Waals surface area contributed by atoms with Gasteiger partial charge < -0.3 is 10.1 Å². The maximum Gasteiger partial charge on any atom is 0.325 e. The Morgan fingerprint density at radius 2 is 2.00 bits per heavy atom. The number of hydrogen-bond acceptors (Lipinski definition) is 3. The number of aryl methyl sites for hydroxylation is 1. The van der Waals surface area contributed by atoms with Crippen LogP contribution in [0.5, 0.6) is 0 Å². The lowest BCUT2D eigenvalue weighted by molar-refractivity contribution is -0.142. The highest BCUT2D eigenvalue weighted by Crippen LogP contribution is 2.26. The van der Waals surface area contributed by atoms with Crippen molar-refractivity contribution in [2.24, 2.45) is 5.92 Å². The molecule has 0 heterocycles. The third kappa shape index (κ3) is 5.62. The van der Waals surface area contributed by atoms with Gasteiger partial charge in [-0.25, -0.2) is 4.39 Å². The van der Waals surface area contributed by atoms with Crippen molar-refractivity contribution < 1.29 is 18.7 Å². The van der Waals surface area contributed by atoms with Crippen molar-refractivity contribution in [3.63, 3.8) is 0 Å². The van der Waals surface area contributed by atoms with Crippen molar-refractivity contribution in [3.8, 4) is 0 Å². The number of nitrogens with one attached hydrogen (secondary N) is 1. The van der Waals surface area contributed by atoms with Gasteiger partial charge in [0.25, 0.3) is 5.91 Å². The first-order chi connectivity index (χ1) is 11.6. The van der Waals surface area contributed by atoms with Crippen LogP contribution in [0.15, 0.2) is 18.2 Å². The average molecular weight is 335 g/mol. The van der Waals surface area contributed by atoms with Gasteiger partial charge in [0.15, 0.2) is 0 Å². The predicted molar refractivity (Wildman–Crippen MR) is 90.3 cm³/mol. The van der Waals surface area contributed by atoms with Crippen LogP contribution in [0.4, 0.5) is 4.39 Å². The number of esters is 1. The molecule has 0 saturated heterocycles. The number of benzene rings is 1. The Bertz CT molecular complexity index is 568. The quantitative estimate of drug-likeness (QED) is 0.774. The molecule has 5 heteroatoms. The molecule has 0 bridgehead atoms. The van der Waals surface area contributed by atoms with Crippen LogP contribution in [0.3, 0.4) is 0 Å². The topological polar surface area (TPSA) is 55.4 Å². The Balaban J connectivity index is 1.70. The molecule has 0 spiro atoms. The third-order valence-corrected chi connectivity index (χ3v) is 4.59. The van der Waals surface area contributed by atoms with Crippen LogP contribution in [0, 0.1) is 11.7 Å². The van der Waals surface area contributed by atoms with E-state index >= 15 is 0 Å². The molecular formula is C19H26FNO3. The van der Waals surface area contributed by atoms with Crippen molar-refractivity contribution >= 4 is 11.9 Å². The number of carbonyl (C=O) groups excluding carboxylic acids is 2. The zero-order chi connectivity index (χ0) is 17.4. The molecule has 1 saturated carbocycles. The number of rotatable bonds is 7. The fraction of sp³-hybridized carbons (Fsp3) is 0.579. The largest absolute Gasteiger partial charge is 0.464 e. The fourth-order valence-corrected chi connectivity index (χ4v) is 3.08. The summed E-state index contributed by atoms with van der Waals surface area (Å²) >= 11 is 0. The Labute approximate surface area is 142 Å². The minimum Gasteiger partial charge on any atom is -0.464 e. The van der Waals surface area contributed by atoms with Crippen LogP contribution >= 0.6 is 0 Å². The van der Waals surface area contributed by atoms with Gasteiger partial charge in [-0.15, -0.1) is 0 Å². The van der Waals surface area contributed by atoms with E-state index in [2.05, 4.69) is 5.32 Å². The summed E-state index contributed by atoms with van der Waals surface area (Å²) in [5.74, 6) is -1.01. The van der Waals surface area contributed by atoms with E-state index in [1.54, 1.807) is 6.07 Å². The second-order valence-electron chi connectivity index (χ2n) is 6.36. The maximum atomic E-state index is 13.8. The molecule has 1 aliphatic rings. The van der Waals surface area contributed by atoms with Crippen molar-refractivity contribution in [2.75, 3.05) is 13.2 Å². The molecule has 132 valence electrons. The normalized spacial score (nSPS) is 15.1. The van der Waals surface area contributed by atoms with Crippen LogP contribution in [-0.2, 0) is 16.0 Å². The molecular weight excluding hydrogens is 309 g/mol. The highest BCUT2D eigenvalue weighted by molar-refractivity contribution is 5.96. The maximum absolute atomic E-state index is 13.8. The summed E-state index contributed by atoms with van der Waals surface area (Å²) in [7, 11) is 0. The van der Waals surface area contributed by atoms with Crippen molar-refractivity contribution in [1.82, 2.24) is 5.32 Å². The summed E-state index contributed by atoms with van der Waals surface area (Å²) in [4.78, 5) is 23.6. The Hall–Kier alpha value is -1.91. The van der Waals surface area contributed by atoms with Gasteiger partial charge in [0.2, 0.25) is 0 Å². The predicted octanol–water partition coefficient (Wildman–Crippen LogP) is 3.63. The minimum absolute atomic E-state index is 0.0535. The lowest BCUT2D eigenvalue weighted by Crippen LogP contribution is -2.31. The van der Waals surface area contributed by atoms with Gasteiger partial charge in [0.05, 0.1) is 12.2 Å². The summed E-state index contributed by atoms with van der Waals surface area (Å²) in [6.45, 7) is 2.06. The number of ether oxygens (including phenoxy) is 1. The molecule has 4 nitrogen and oxygen atoms in total. The highest BCUT2D eigenvalue weighted by Gasteiger charge is 2.15. The minimum atomic E-state index is -0.598. The van der Waals surface area contributed by atoms with E-state index in [9.17, 15) is 14.0 Å². The van der Waals surface area contributed by atoms with Gasteiger partial charge in [0.1, 0.15) is 12.4 Å². The molecule has 0 unspecified atom stereocenters. The monoisotopic (exact) mass is 335 g/mol. The van der Waals surface area contributed by atoms with Gasteiger partial charge in [0, 0.05) is 0 Å². The molecule has 2 rings (SSSR count). The van der Waals surface area contributed by atoms with Gasteiger partial charge >= 0.3 is 5.97 Å². The molecule has 1 aliphatic carbocycles. The first kappa shape index (κ1) is 18.4. The third-order valence-electron chi connectivity index (χ3n) is 4.59. The van der Waals surface area contributed by atoms with E-state index in [1.807, 2.05) is 6.92 Å². The van der Waals surface area contributed by atoms with Crippen LogP contribution in [0.1, 0.15) is 61.4 Å². The Kier molecular flexibility index (Phi) is 7.22. The lowest BCUT2D eigenvalue weighted by atomic mass is 9.87. The molecule has 1 aromatic rings. The SMILES string of the molecule is CCc1ccc(C(=O)NCC(=O)OCCC2CCCCC2)c(F)c1. The van der Waals surface area contributed by atoms with Crippen LogP contribution in [0.25, 0.3) is 0 Å². The van der Waals surface area contributed by atoms with Crippen LogP contribution < -0.4 is 5.32 Å². The van der Waals surface area contributed by atoms with Crippen molar-refractivity contribution in [3.05, 3.63) is 35.1 Å². The van der Waals surface area contributed by atoms with Gasteiger partial charge in [-0.1, -0.05) is 45.1 Å². The van der Waals surface area contributed by atoms with Crippen molar-refractivity contribution in [2.45, 2.75) is 51.9 Å². The van der Waals surface area contributed by atoms with Gasteiger partial charge in [-0.05, 0) is 36.5 Å². The van der Waals surface area contributed by atoms with Crippen LogP contribution in [0.2, 0.25) is 0 Å². The molecule has 0 atom stereocenters. The summed E-state index contributed by atoms with van der Waals surface area (Å²) in [6.07, 6.45) is 7.83. The molecule has 1 amide bonds. The Morgan fingerprint density at radius 1 is 1.25 bits per heavy atom. The zero-order valence-electron chi connectivity index (χ0n) is 14.3. The second-order valence-corrected chi connectivity index (χ2v) is 6.36. The highest BCUT2D eigenvalue weighted by atomic mass is 19.1. The molecule has 0 aliphatic heterocycles. The van der Waals surface area contributed by atoms with E-state index in [0.717, 1.165) is 12.0 Å². The average Bonchev–Trinajstić information content (AvgIpc) is 2.60. The molecule has 24 heavy (non-hydrogen) atoms. The summed E-state index contributed by atoms with van der Waals surface area (Å²) in [6, 6.07) is 4.50. The molecule has 1 N–H and O–H groups in total. The van der Waals surface area contributed by atoms with Gasteiger partial charge in [-0.2, -0.15) is 0 Å². The fourth-order valence-electron chi connectivity index (χ4n) is 3.08. The summed E-state index contributed by atoms with van der Waals surface area (Å²) in [5.41, 5.74) is 0.772. The number of amides is 1. The number of carbonyl (C=O) groups is 2. The van der Waals surface area contributed by atoms with Gasteiger partial charge in [-0.3, -0.25) is 9.59 Å². The van der Waals surface area contributed by atoms with E-state index in [0.29, 0.717) is 18.9 Å². The van der Waals surface area contributed by atoms with Crippen molar-refractivity contribution in [1.29, 1.82) is 0 Å². The standard InChI is InChI=1S/C19H26FNO3/c1-2-14-8-9-16(17(20)12-14)19(23)21-13-18(22)24-11-10-15-6-4-3-5-7-15/h8-9,12,15H,2-7,10-11,13H2,1H3,(H,21,23). The summed E-state index contributed by atoms with van der Waals surface area (Å²) in [5, 5.41) is 2.41. The first-order valence-corrected chi connectivity index (χ1v) is 8.82. The lowest BCUT2D eigenvalue weighted by Gasteiger charge is -2.21. The molecule has 1 aromatic carbocycles. The Morgan fingerprint density at radius 3 is 2.67 bits per heavy atom. The smallest absolute Gasteiger partial charge is 0.325 e. The molecule has 1 fully saturated rings. The first-order valence-electron chi connectivity index (χ1n) is 8.82.